The van der Waals surface area contributed by atoms with Crippen LogP contribution in [-0.2, 0) is 0 Å². The van der Waals surface area contributed by atoms with Crippen molar-refractivity contribution in [1.29, 1.82) is 15.8 Å². The normalized spacial score (nSPS) is 11.6. The Morgan fingerprint density at radius 1 is 0.565 bits per heavy atom. The highest BCUT2D eigenvalue weighted by Crippen LogP contribution is 2.45. The molecular weight excluding hydrogens is 320 g/mol. The number of nitrogens with zero attached hydrogens (tertiary/aromatic N) is 3. The second kappa shape index (κ2) is 17.7. The Morgan fingerprint density at radius 2 is 0.913 bits per heavy atom. The molecule has 1 atom stereocenters. The minimum atomic E-state index is -0.00101. The standard InChI is InChI=1S/C18H31N3P2/c1-2-3-13-22(14-7-4-10-19)17-18-23(15-8-5-11-20)16-9-6-12-21/h2-9,13-18H2,1H3. The Balaban J connectivity index is 4.26. The van der Waals surface area contributed by atoms with Gasteiger partial charge in [0.25, 0.3) is 0 Å². The number of hydrogen-bond acceptors (Lipinski definition) is 3. The van der Waals surface area contributed by atoms with Gasteiger partial charge in [-0.3, -0.25) is 0 Å². The average Bonchev–Trinajstić information content (AvgIpc) is 2.56. The molecule has 23 heavy (non-hydrogen) atoms. The molecular formula is C18H31N3P2. The van der Waals surface area contributed by atoms with Gasteiger partial charge in [0.05, 0.1) is 18.2 Å². The molecule has 0 radical (unpaired) electrons. The predicted molar refractivity (Wildman–Crippen MR) is 102 cm³/mol. The van der Waals surface area contributed by atoms with Gasteiger partial charge < -0.3 is 0 Å². The zero-order chi connectivity index (χ0) is 17.2. The summed E-state index contributed by atoms with van der Waals surface area (Å²) in [6.07, 6.45) is 15.4. The molecule has 0 aromatic rings. The van der Waals surface area contributed by atoms with Crippen molar-refractivity contribution >= 4 is 15.8 Å². The van der Waals surface area contributed by atoms with Crippen molar-refractivity contribution in [3.8, 4) is 18.2 Å². The monoisotopic (exact) mass is 351 g/mol. The van der Waals surface area contributed by atoms with Crippen molar-refractivity contribution in [2.45, 2.75) is 58.3 Å². The van der Waals surface area contributed by atoms with E-state index in [1.165, 1.54) is 49.8 Å². The number of nitriles is 3. The molecule has 0 aliphatic carbocycles. The fraction of sp³-hybridized carbons (Fsp3) is 0.833. The third-order valence-electron chi connectivity index (χ3n) is 3.85. The third-order valence-corrected chi connectivity index (χ3v) is 9.71. The van der Waals surface area contributed by atoms with Crippen LogP contribution in [-0.4, -0.2) is 37.0 Å². The van der Waals surface area contributed by atoms with Gasteiger partial charge in [-0.15, -0.1) is 15.8 Å². The van der Waals surface area contributed by atoms with E-state index in [0.717, 1.165) is 19.3 Å². The van der Waals surface area contributed by atoms with E-state index in [9.17, 15) is 0 Å². The second-order valence-corrected chi connectivity index (χ2v) is 11.2. The van der Waals surface area contributed by atoms with E-state index in [4.69, 9.17) is 15.8 Å². The van der Waals surface area contributed by atoms with Crippen molar-refractivity contribution in [3.63, 3.8) is 0 Å². The smallest absolute Gasteiger partial charge is 0.0621 e. The van der Waals surface area contributed by atoms with Crippen LogP contribution in [0.2, 0.25) is 0 Å². The Kier molecular flexibility index (Phi) is 17.2. The van der Waals surface area contributed by atoms with Gasteiger partial charge in [-0.2, -0.15) is 15.8 Å². The average molecular weight is 351 g/mol. The maximum absolute atomic E-state index is 8.72. The first-order chi connectivity index (χ1) is 11.3. The van der Waals surface area contributed by atoms with Gasteiger partial charge in [0.15, 0.2) is 0 Å². The lowest BCUT2D eigenvalue weighted by molar-refractivity contribution is 0.882. The van der Waals surface area contributed by atoms with Crippen LogP contribution < -0.4 is 0 Å². The molecule has 5 heteroatoms. The summed E-state index contributed by atoms with van der Waals surface area (Å²) in [7, 11) is 0.0862. The summed E-state index contributed by atoms with van der Waals surface area (Å²) in [5, 5.41) is 26.2. The molecule has 0 spiro atoms. The van der Waals surface area contributed by atoms with E-state index in [1.807, 2.05) is 0 Å². The third kappa shape index (κ3) is 14.6. The molecule has 0 bridgehead atoms. The summed E-state index contributed by atoms with van der Waals surface area (Å²) in [5.41, 5.74) is 0. The van der Waals surface area contributed by atoms with Crippen LogP contribution >= 0.6 is 15.8 Å². The molecule has 0 aromatic carbocycles. The number of hydrogen-bond donors (Lipinski definition) is 0. The van der Waals surface area contributed by atoms with Crippen LogP contribution in [0.3, 0.4) is 0 Å². The molecule has 3 nitrogen and oxygen atoms in total. The van der Waals surface area contributed by atoms with E-state index in [2.05, 4.69) is 25.1 Å². The summed E-state index contributed by atoms with van der Waals surface area (Å²) < 4.78 is 0. The second-order valence-electron chi connectivity index (χ2n) is 5.82. The molecule has 0 saturated heterocycles. The molecule has 0 aliphatic rings. The highest BCUT2D eigenvalue weighted by molar-refractivity contribution is 7.61. The van der Waals surface area contributed by atoms with Crippen molar-refractivity contribution in [2.75, 3.05) is 37.0 Å². The van der Waals surface area contributed by atoms with Crippen LogP contribution in [0, 0.1) is 34.0 Å². The summed E-state index contributed by atoms with van der Waals surface area (Å²) in [4.78, 5) is 0. The molecule has 0 amide bonds. The highest BCUT2D eigenvalue weighted by Gasteiger charge is 2.13. The fourth-order valence-electron chi connectivity index (χ4n) is 2.48. The van der Waals surface area contributed by atoms with Crippen LogP contribution in [0.4, 0.5) is 0 Å². The summed E-state index contributed by atoms with van der Waals surface area (Å²) in [5.74, 6) is 0. The van der Waals surface area contributed by atoms with Gasteiger partial charge in [0.2, 0.25) is 0 Å². The maximum atomic E-state index is 8.72. The van der Waals surface area contributed by atoms with Crippen LogP contribution in [0.25, 0.3) is 0 Å². The van der Waals surface area contributed by atoms with Crippen LogP contribution in [0.1, 0.15) is 58.3 Å². The quantitative estimate of drug-likeness (QED) is 0.282. The Bertz CT molecular complexity index is 373. The summed E-state index contributed by atoms with van der Waals surface area (Å²) in [6, 6.07) is 6.76. The van der Waals surface area contributed by atoms with E-state index in [1.54, 1.807) is 0 Å². The SMILES string of the molecule is CCCCP(CCCC#N)CCP(CCCC#N)CCCC#N. The van der Waals surface area contributed by atoms with Gasteiger partial charge in [-0.1, -0.05) is 13.3 Å². The summed E-state index contributed by atoms with van der Waals surface area (Å²) >= 11 is 0. The Morgan fingerprint density at radius 3 is 1.22 bits per heavy atom. The van der Waals surface area contributed by atoms with Gasteiger partial charge >= 0.3 is 0 Å². The topological polar surface area (TPSA) is 71.4 Å². The van der Waals surface area contributed by atoms with Gasteiger partial charge in [0, 0.05) is 19.3 Å². The molecule has 0 rings (SSSR count). The Labute approximate surface area is 145 Å². The zero-order valence-corrected chi connectivity index (χ0v) is 16.4. The van der Waals surface area contributed by atoms with E-state index >= 15 is 0 Å². The van der Waals surface area contributed by atoms with E-state index < -0.39 is 0 Å². The lowest BCUT2D eigenvalue weighted by atomic mass is 10.4. The van der Waals surface area contributed by atoms with E-state index in [0.29, 0.717) is 19.3 Å². The van der Waals surface area contributed by atoms with Crippen LogP contribution in [0.15, 0.2) is 0 Å². The van der Waals surface area contributed by atoms with Crippen molar-refractivity contribution in [1.82, 2.24) is 0 Å². The Hall–Kier alpha value is -0.670. The van der Waals surface area contributed by atoms with Crippen molar-refractivity contribution < 1.29 is 0 Å². The lowest BCUT2D eigenvalue weighted by Crippen LogP contribution is -2.03. The first kappa shape index (κ1) is 22.3. The van der Waals surface area contributed by atoms with Gasteiger partial charge in [-0.25, -0.2) is 0 Å². The molecule has 0 aliphatic heterocycles. The molecule has 0 aromatic heterocycles. The first-order valence-corrected chi connectivity index (χ1v) is 12.6. The minimum absolute atomic E-state index is 0.00101. The largest absolute Gasteiger partial charge is 0.198 e. The molecule has 0 fully saturated rings. The van der Waals surface area contributed by atoms with Gasteiger partial charge in [0.1, 0.15) is 0 Å². The predicted octanol–water partition coefficient (Wildman–Crippen LogP) is 5.66. The number of rotatable bonds is 15. The highest BCUT2D eigenvalue weighted by atomic mass is 31.1. The maximum Gasteiger partial charge on any atom is 0.0621 e. The first-order valence-electron chi connectivity index (χ1n) is 8.84. The van der Waals surface area contributed by atoms with Crippen LogP contribution in [0.5, 0.6) is 0 Å². The van der Waals surface area contributed by atoms with Gasteiger partial charge in [-0.05, 0) is 62.7 Å². The molecule has 0 heterocycles. The molecule has 0 N–H and O–H groups in total. The van der Waals surface area contributed by atoms with Crippen molar-refractivity contribution in [3.05, 3.63) is 0 Å². The fourth-order valence-corrected chi connectivity index (χ4v) is 8.66. The van der Waals surface area contributed by atoms with E-state index in [-0.39, 0.29) is 15.8 Å². The lowest BCUT2D eigenvalue weighted by Gasteiger charge is -2.22. The summed E-state index contributed by atoms with van der Waals surface area (Å²) in [6.45, 7) is 2.25. The molecule has 1 unspecified atom stereocenters. The van der Waals surface area contributed by atoms with Crippen molar-refractivity contribution in [2.24, 2.45) is 0 Å². The molecule has 0 saturated carbocycles. The molecule has 128 valence electrons. The number of unbranched alkanes of at least 4 members (excludes halogenated alkanes) is 4. The minimum Gasteiger partial charge on any atom is -0.198 e. The zero-order valence-electron chi connectivity index (χ0n) is 14.6.